The monoisotopic (exact) mass is 367 g/mol. The number of rotatable bonds is 3. The van der Waals surface area contributed by atoms with E-state index in [0.29, 0.717) is 5.56 Å². The zero-order chi connectivity index (χ0) is 18.2. The fraction of sp³-hybridized carbons (Fsp3) is 0.333. The van der Waals surface area contributed by atoms with Gasteiger partial charge in [-0.15, -0.1) is 0 Å². The van der Waals surface area contributed by atoms with Crippen molar-refractivity contribution < 1.29 is 21.9 Å². The van der Waals surface area contributed by atoms with E-state index >= 15 is 0 Å². The van der Waals surface area contributed by atoms with Crippen molar-refractivity contribution in [2.75, 3.05) is 13.1 Å². The summed E-state index contributed by atoms with van der Waals surface area (Å²) in [4.78, 5) is 0.0540. The lowest BCUT2D eigenvalue weighted by atomic mass is 10.1. The summed E-state index contributed by atoms with van der Waals surface area (Å²) in [5.74, 6) is -0.808. The van der Waals surface area contributed by atoms with Crippen LogP contribution in [0.3, 0.4) is 0 Å². The Balaban J connectivity index is 1.90. The highest BCUT2D eigenvalue weighted by atomic mass is 32.2. The van der Waals surface area contributed by atoms with Gasteiger partial charge in [0.1, 0.15) is 11.6 Å². The van der Waals surface area contributed by atoms with Gasteiger partial charge in [0.25, 0.3) is 0 Å². The van der Waals surface area contributed by atoms with Crippen LogP contribution in [0.25, 0.3) is 0 Å². The molecule has 1 fully saturated rings. The topological polar surface area (TPSA) is 46.6 Å². The smallest absolute Gasteiger partial charge is 0.243 e. The van der Waals surface area contributed by atoms with Crippen LogP contribution in [0, 0.1) is 18.6 Å². The first-order valence-corrected chi connectivity index (χ1v) is 9.38. The maximum atomic E-state index is 13.4. The molecule has 7 heteroatoms. The van der Waals surface area contributed by atoms with Crippen molar-refractivity contribution in [2.24, 2.45) is 0 Å². The van der Waals surface area contributed by atoms with Gasteiger partial charge in [-0.3, -0.25) is 0 Å². The lowest BCUT2D eigenvalue weighted by Gasteiger charge is -2.36. The second-order valence-electron chi connectivity index (χ2n) is 6.22. The number of hydrogen-bond acceptors (Lipinski definition) is 3. The Bertz CT molecular complexity index is 868. The maximum absolute atomic E-state index is 13.4. The Hall–Kier alpha value is -1.83. The van der Waals surface area contributed by atoms with Crippen LogP contribution in [0.5, 0.6) is 0 Å². The highest BCUT2D eigenvalue weighted by Gasteiger charge is 2.34. The van der Waals surface area contributed by atoms with E-state index in [1.54, 1.807) is 19.1 Å². The molecule has 0 N–H and O–H groups in total. The Labute approximate surface area is 146 Å². The molecule has 0 radical (unpaired) electrons. The van der Waals surface area contributed by atoms with Crippen LogP contribution < -0.4 is 0 Å². The standard InChI is InChI=1S/C18H19F2NO3S/c1-12-9-16(7-8-17(12)20)25(22,23)21-10-13(2)24-18(11-21)14-3-5-15(19)6-4-14/h3-9,13,18H,10-11H2,1-2H3. The Morgan fingerprint density at radius 1 is 1.08 bits per heavy atom. The molecule has 2 aromatic carbocycles. The molecule has 0 spiro atoms. The molecule has 25 heavy (non-hydrogen) atoms. The first-order valence-electron chi connectivity index (χ1n) is 7.94. The van der Waals surface area contributed by atoms with E-state index in [9.17, 15) is 17.2 Å². The van der Waals surface area contributed by atoms with E-state index in [-0.39, 0.29) is 35.5 Å². The fourth-order valence-corrected chi connectivity index (χ4v) is 4.50. The van der Waals surface area contributed by atoms with Crippen LogP contribution in [0.4, 0.5) is 8.78 Å². The number of ether oxygens (including phenoxy) is 1. The van der Waals surface area contributed by atoms with Crippen molar-refractivity contribution in [3.63, 3.8) is 0 Å². The van der Waals surface area contributed by atoms with Crippen molar-refractivity contribution in [2.45, 2.75) is 31.0 Å². The zero-order valence-corrected chi connectivity index (χ0v) is 14.8. The van der Waals surface area contributed by atoms with E-state index in [0.717, 1.165) is 6.07 Å². The summed E-state index contributed by atoms with van der Waals surface area (Å²) in [6.07, 6.45) is -0.805. The van der Waals surface area contributed by atoms with E-state index in [4.69, 9.17) is 4.74 Å². The van der Waals surface area contributed by atoms with Crippen LogP contribution >= 0.6 is 0 Å². The maximum Gasteiger partial charge on any atom is 0.243 e. The molecular formula is C18H19F2NO3S. The van der Waals surface area contributed by atoms with Gasteiger partial charge in [-0.2, -0.15) is 4.31 Å². The molecule has 1 heterocycles. The number of halogens is 2. The normalized spacial score (nSPS) is 22.1. The summed E-state index contributed by atoms with van der Waals surface area (Å²) in [7, 11) is -3.77. The first kappa shape index (κ1) is 18.0. The summed E-state index contributed by atoms with van der Waals surface area (Å²) in [6, 6.07) is 9.57. The largest absolute Gasteiger partial charge is 0.368 e. The van der Waals surface area contributed by atoms with E-state index in [2.05, 4.69) is 0 Å². The van der Waals surface area contributed by atoms with E-state index < -0.39 is 21.9 Å². The van der Waals surface area contributed by atoms with E-state index in [1.165, 1.54) is 35.5 Å². The second kappa shape index (κ2) is 6.82. The number of hydrogen-bond donors (Lipinski definition) is 0. The lowest BCUT2D eigenvalue weighted by molar-refractivity contribution is -0.0557. The number of nitrogens with zero attached hydrogens (tertiary/aromatic N) is 1. The minimum Gasteiger partial charge on any atom is -0.368 e. The van der Waals surface area contributed by atoms with Crippen molar-refractivity contribution >= 4 is 10.0 Å². The van der Waals surface area contributed by atoms with E-state index in [1.807, 2.05) is 0 Å². The molecule has 2 aromatic rings. The number of aryl methyl sites for hydroxylation is 1. The highest BCUT2D eigenvalue weighted by molar-refractivity contribution is 7.89. The van der Waals surface area contributed by atoms with Gasteiger partial charge in [0.05, 0.1) is 17.1 Å². The summed E-state index contributed by atoms with van der Waals surface area (Å²) < 4.78 is 59.6. The number of sulfonamides is 1. The quantitative estimate of drug-likeness (QED) is 0.835. The van der Waals surface area contributed by atoms with Gasteiger partial charge in [0, 0.05) is 13.1 Å². The molecule has 0 amide bonds. The highest BCUT2D eigenvalue weighted by Crippen LogP contribution is 2.29. The third-order valence-corrected chi connectivity index (χ3v) is 6.06. The number of morpholine rings is 1. The molecular weight excluding hydrogens is 348 g/mol. The molecule has 0 saturated carbocycles. The third kappa shape index (κ3) is 3.73. The molecule has 2 unspecified atom stereocenters. The third-order valence-electron chi connectivity index (χ3n) is 4.24. The van der Waals surface area contributed by atoms with Crippen LogP contribution in [0.2, 0.25) is 0 Å². The molecule has 1 aliphatic heterocycles. The summed E-state index contributed by atoms with van der Waals surface area (Å²) in [6.45, 7) is 3.64. The van der Waals surface area contributed by atoms with Crippen LogP contribution in [0.1, 0.15) is 24.2 Å². The minimum atomic E-state index is -3.77. The molecule has 3 rings (SSSR count). The molecule has 1 saturated heterocycles. The van der Waals surface area contributed by atoms with Gasteiger partial charge in [-0.05, 0) is 55.3 Å². The zero-order valence-electron chi connectivity index (χ0n) is 13.9. The van der Waals surface area contributed by atoms with Gasteiger partial charge in [0.15, 0.2) is 0 Å². The van der Waals surface area contributed by atoms with Crippen LogP contribution in [-0.4, -0.2) is 31.9 Å². The molecule has 2 atom stereocenters. The van der Waals surface area contributed by atoms with Crippen LogP contribution in [-0.2, 0) is 14.8 Å². The van der Waals surface area contributed by atoms with Gasteiger partial charge in [0.2, 0.25) is 10.0 Å². The Morgan fingerprint density at radius 3 is 2.40 bits per heavy atom. The molecule has 0 aromatic heterocycles. The van der Waals surface area contributed by atoms with Crippen LogP contribution in [0.15, 0.2) is 47.4 Å². The molecule has 0 aliphatic carbocycles. The summed E-state index contributed by atoms with van der Waals surface area (Å²) >= 11 is 0. The predicted octanol–water partition coefficient (Wildman–Crippen LogP) is 3.42. The molecule has 134 valence electrons. The molecule has 4 nitrogen and oxygen atoms in total. The molecule has 1 aliphatic rings. The van der Waals surface area contributed by atoms with Gasteiger partial charge >= 0.3 is 0 Å². The SMILES string of the molecule is Cc1cc(S(=O)(=O)N2CC(C)OC(c3ccc(F)cc3)C2)ccc1F. The minimum absolute atomic E-state index is 0.0540. The lowest BCUT2D eigenvalue weighted by Crippen LogP contribution is -2.45. The first-order chi connectivity index (χ1) is 11.8. The van der Waals surface area contributed by atoms with Gasteiger partial charge in [-0.1, -0.05) is 12.1 Å². The molecule has 0 bridgehead atoms. The summed E-state index contributed by atoms with van der Waals surface area (Å²) in [5, 5.41) is 0. The van der Waals surface area contributed by atoms with Crippen molar-refractivity contribution in [1.29, 1.82) is 0 Å². The van der Waals surface area contributed by atoms with Gasteiger partial charge < -0.3 is 4.74 Å². The van der Waals surface area contributed by atoms with Crippen molar-refractivity contribution in [3.8, 4) is 0 Å². The van der Waals surface area contributed by atoms with Crippen molar-refractivity contribution in [1.82, 2.24) is 4.31 Å². The average molecular weight is 367 g/mol. The Kier molecular flexibility index (Phi) is 4.90. The predicted molar refractivity (Wildman–Crippen MR) is 89.6 cm³/mol. The fourth-order valence-electron chi connectivity index (χ4n) is 2.90. The van der Waals surface area contributed by atoms with Gasteiger partial charge in [-0.25, -0.2) is 17.2 Å². The second-order valence-corrected chi connectivity index (χ2v) is 8.16. The average Bonchev–Trinajstić information content (AvgIpc) is 2.57. The Morgan fingerprint density at radius 2 is 1.76 bits per heavy atom. The summed E-state index contributed by atoms with van der Waals surface area (Å²) in [5.41, 5.74) is 0.987. The number of benzene rings is 2. The van der Waals surface area contributed by atoms with Crippen molar-refractivity contribution in [3.05, 3.63) is 65.2 Å².